The molecule has 0 bridgehead atoms. The second kappa shape index (κ2) is 3.43. The second-order valence-corrected chi connectivity index (χ2v) is 4.51. The van der Waals surface area contributed by atoms with E-state index >= 15 is 0 Å². The van der Waals surface area contributed by atoms with Crippen molar-refractivity contribution in [3.63, 3.8) is 0 Å². The first kappa shape index (κ1) is 9.85. The molecule has 86 valence electrons. The zero-order valence-electron chi connectivity index (χ0n) is 9.34. The van der Waals surface area contributed by atoms with Gasteiger partial charge in [-0.05, 0) is 24.3 Å². The Labute approximate surface area is 108 Å². The molecule has 2 aromatic carbocycles. The van der Waals surface area contributed by atoms with Crippen molar-refractivity contribution in [3.05, 3.63) is 53.7 Å². The summed E-state index contributed by atoms with van der Waals surface area (Å²) < 4.78 is 2.04. The number of para-hydroxylation sites is 3. The Morgan fingerprint density at radius 3 is 2.44 bits per heavy atom. The summed E-state index contributed by atoms with van der Waals surface area (Å²) >= 11 is 6.20. The summed E-state index contributed by atoms with van der Waals surface area (Å²) in [6.07, 6.45) is 0. The first-order chi connectivity index (χ1) is 8.84. The van der Waals surface area contributed by atoms with Gasteiger partial charge in [0.2, 0.25) is 5.78 Å². The Balaban J connectivity index is 2.39. The van der Waals surface area contributed by atoms with E-state index in [0.717, 1.165) is 21.9 Å². The van der Waals surface area contributed by atoms with E-state index in [1.807, 2.05) is 52.9 Å². The predicted octanol–water partition coefficient (Wildman–Crippen LogP) is 3.69. The third-order valence-corrected chi connectivity index (χ3v) is 3.40. The molecule has 2 aromatic heterocycles. The number of halogens is 1. The lowest BCUT2D eigenvalue weighted by atomic mass is 10.2. The van der Waals surface area contributed by atoms with Gasteiger partial charge in [-0.1, -0.05) is 35.9 Å². The minimum absolute atomic E-state index is 0.494. The molecule has 3 nitrogen and oxygen atoms in total. The molecule has 18 heavy (non-hydrogen) atoms. The zero-order valence-corrected chi connectivity index (χ0v) is 10.1. The summed E-state index contributed by atoms with van der Waals surface area (Å²) in [5.74, 6) is 0.639. The van der Waals surface area contributed by atoms with Gasteiger partial charge in [0.1, 0.15) is 5.15 Å². The number of imidazole rings is 1. The van der Waals surface area contributed by atoms with Gasteiger partial charge < -0.3 is 0 Å². The zero-order chi connectivity index (χ0) is 12.1. The third-order valence-electron chi connectivity index (χ3n) is 3.11. The van der Waals surface area contributed by atoms with Crippen LogP contribution < -0.4 is 0 Å². The van der Waals surface area contributed by atoms with E-state index in [4.69, 9.17) is 11.6 Å². The fraction of sp³-hybridized carbons (Fsp3) is 0. The largest absolute Gasteiger partial charge is 0.276 e. The van der Waals surface area contributed by atoms with Gasteiger partial charge in [0.25, 0.3) is 0 Å². The lowest BCUT2D eigenvalue weighted by Gasteiger charge is -2.03. The Morgan fingerprint density at radius 1 is 0.833 bits per heavy atom. The molecule has 0 atom stereocenters. The number of nitrogens with zero attached hydrogens (tertiary/aromatic N) is 3. The van der Waals surface area contributed by atoms with Gasteiger partial charge in [-0.2, -0.15) is 4.98 Å². The van der Waals surface area contributed by atoms with Crippen molar-refractivity contribution < 1.29 is 0 Å². The van der Waals surface area contributed by atoms with Crippen molar-refractivity contribution in [3.8, 4) is 0 Å². The number of fused-ring (bicyclic) bond motifs is 5. The monoisotopic (exact) mass is 253 g/mol. The quantitative estimate of drug-likeness (QED) is 0.448. The molecule has 0 spiro atoms. The molecule has 0 unspecified atom stereocenters. The van der Waals surface area contributed by atoms with Crippen molar-refractivity contribution in [1.82, 2.24) is 14.4 Å². The molecule has 2 heterocycles. The molecule has 0 amide bonds. The fourth-order valence-electron chi connectivity index (χ4n) is 2.32. The van der Waals surface area contributed by atoms with Gasteiger partial charge in [-0.15, -0.1) is 0 Å². The molecule has 4 aromatic rings. The maximum absolute atomic E-state index is 6.20. The van der Waals surface area contributed by atoms with Gasteiger partial charge in [0, 0.05) is 5.39 Å². The summed E-state index contributed by atoms with van der Waals surface area (Å²) in [6, 6.07) is 15.9. The lowest BCUT2D eigenvalue weighted by molar-refractivity contribution is 1.19. The van der Waals surface area contributed by atoms with Gasteiger partial charge in [-0.25, -0.2) is 4.98 Å². The molecule has 0 saturated carbocycles. The SMILES string of the molecule is Clc1nc2nc3ccccc3n2c2ccccc12. The molecule has 0 fully saturated rings. The smallest absolute Gasteiger partial charge is 0.236 e. The van der Waals surface area contributed by atoms with Crippen LogP contribution in [0.2, 0.25) is 5.15 Å². The molecule has 0 aliphatic heterocycles. The number of benzene rings is 2. The van der Waals surface area contributed by atoms with Crippen LogP contribution in [0.1, 0.15) is 0 Å². The highest BCUT2D eigenvalue weighted by Crippen LogP contribution is 2.26. The maximum atomic E-state index is 6.20. The van der Waals surface area contributed by atoms with Crippen LogP contribution in [0.15, 0.2) is 48.5 Å². The van der Waals surface area contributed by atoms with E-state index in [-0.39, 0.29) is 0 Å². The number of hydrogen-bond donors (Lipinski definition) is 0. The average molecular weight is 254 g/mol. The first-order valence-corrected chi connectivity index (χ1v) is 6.04. The summed E-state index contributed by atoms with van der Waals surface area (Å²) in [6.45, 7) is 0. The normalized spacial score (nSPS) is 11.6. The van der Waals surface area contributed by atoms with Crippen LogP contribution in [0.3, 0.4) is 0 Å². The van der Waals surface area contributed by atoms with Crippen molar-refractivity contribution >= 4 is 39.3 Å². The standard InChI is InChI=1S/C14H8ClN3/c15-13-9-5-1-3-7-11(9)18-12-8-4-2-6-10(12)16-14(18)17-13/h1-8H. The van der Waals surface area contributed by atoms with Crippen LogP contribution >= 0.6 is 11.6 Å². The highest BCUT2D eigenvalue weighted by Gasteiger charge is 2.10. The highest BCUT2D eigenvalue weighted by molar-refractivity contribution is 6.34. The molecular formula is C14H8ClN3. The van der Waals surface area contributed by atoms with E-state index in [2.05, 4.69) is 9.97 Å². The Bertz CT molecular complexity index is 895. The third kappa shape index (κ3) is 1.19. The van der Waals surface area contributed by atoms with Crippen LogP contribution in [0.25, 0.3) is 27.7 Å². The van der Waals surface area contributed by atoms with Crippen LogP contribution in [-0.2, 0) is 0 Å². The molecule has 0 aliphatic carbocycles. The Hall–Kier alpha value is -2.13. The van der Waals surface area contributed by atoms with Gasteiger partial charge in [-0.3, -0.25) is 4.40 Å². The van der Waals surface area contributed by atoms with Crippen molar-refractivity contribution in [2.45, 2.75) is 0 Å². The van der Waals surface area contributed by atoms with E-state index in [1.165, 1.54) is 0 Å². The molecule has 0 N–H and O–H groups in total. The van der Waals surface area contributed by atoms with E-state index in [1.54, 1.807) is 0 Å². The molecule has 4 rings (SSSR count). The molecule has 4 heteroatoms. The van der Waals surface area contributed by atoms with Crippen LogP contribution in [0, 0.1) is 0 Å². The first-order valence-electron chi connectivity index (χ1n) is 5.66. The second-order valence-electron chi connectivity index (χ2n) is 4.16. The van der Waals surface area contributed by atoms with Crippen LogP contribution in [-0.4, -0.2) is 14.4 Å². The molecule has 0 saturated heterocycles. The molecule has 0 aliphatic rings. The van der Waals surface area contributed by atoms with E-state index in [9.17, 15) is 0 Å². The van der Waals surface area contributed by atoms with Gasteiger partial charge in [0.05, 0.1) is 16.6 Å². The summed E-state index contributed by atoms with van der Waals surface area (Å²) in [5, 5.41) is 1.43. The number of aromatic nitrogens is 3. The van der Waals surface area contributed by atoms with Crippen molar-refractivity contribution in [1.29, 1.82) is 0 Å². The number of rotatable bonds is 0. The Kier molecular flexibility index (Phi) is 1.88. The van der Waals surface area contributed by atoms with Gasteiger partial charge in [0.15, 0.2) is 0 Å². The maximum Gasteiger partial charge on any atom is 0.236 e. The van der Waals surface area contributed by atoms with Crippen LogP contribution in [0.5, 0.6) is 0 Å². The minimum atomic E-state index is 0.494. The van der Waals surface area contributed by atoms with E-state index in [0.29, 0.717) is 10.9 Å². The van der Waals surface area contributed by atoms with Crippen molar-refractivity contribution in [2.24, 2.45) is 0 Å². The molecule has 0 radical (unpaired) electrons. The van der Waals surface area contributed by atoms with Gasteiger partial charge >= 0.3 is 0 Å². The highest BCUT2D eigenvalue weighted by atomic mass is 35.5. The predicted molar refractivity (Wildman–Crippen MR) is 73.0 cm³/mol. The fourth-order valence-corrected chi connectivity index (χ4v) is 2.55. The minimum Gasteiger partial charge on any atom is -0.276 e. The van der Waals surface area contributed by atoms with Crippen LogP contribution in [0.4, 0.5) is 0 Å². The lowest BCUT2D eigenvalue weighted by Crippen LogP contribution is -1.92. The summed E-state index contributed by atoms with van der Waals surface area (Å²) in [4.78, 5) is 8.85. The summed E-state index contributed by atoms with van der Waals surface area (Å²) in [7, 11) is 0. The van der Waals surface area contributed by atoms with E-state index < -0.39 is 0 Å². The topological polar surface area (TPSA) is 30.2 Å². The average Bonchev–Trinajstić information content (AvgIpc) is 2.77. The Morgan fingerprint density at radius 2 is 1.56 bits per heavy atom. The summed E-state index contributed by atoms with van der Waals surface area (Å²) in [5.41, 5.74) is 3.01. The van der Waals surface area contributed by atoms with Crippen molar-refractivity contribution in [2.75, 3.05) is 0 Å². The molecular weight excluding hydrogens is 246 g/mol. The number of hydrogen-bond acceptors (Lipinski definition) is 2.